The second kappa shape index (κ2) is 9.63. The summed E-state index contributed by atoms with van der Waals surface area (Å²) in [5.41, 5.74) is -0.541. The van der Waals surface area contributed by atoms with Crippen LogP contribution in [0.2, 0.25) is 0 Å². The number of carbonyl (C=O) groups is 3. The molecule has 1 aliphatic rings. The van der Waals surface area contributed by atoms with Crippen molar-refractivity contribution >= 4 is 17.9 Å². The average molecular weight is 355 g/mol. The molecule has 0 aromatic rings. The summed E-state index contributed by atoms with van der Waals surface area (Å²) >= 11 is 0. The van der Waals surface area contributed by atoms with Gasteiger partial charge in [-0.25, -0.2) is 4.79 Å². The van der Waals surface area contributed by atoms with Crippen molar-refractivity contribution in [1.29, 1.82) is 0 Å². The molecule has 1 saturated heterocycles. The zero-order chi connectivity index (χ0) is 19.0. The Labute approximate surface area is 150 Å². The fourth-order valence-corrected chi connectivity index (χ4v) is 2.58. The first-order chi connectivity index (χ1) is 11.6. The number of carbonyl (C=O) groups excluding carboxylic acids is 3. The molecule has 0 aromatic carbocycles. The van der Waals surface area contributed by atoms with Gasteiger partial charge < -0.3 is 20.3 Å². The Kier molecular flexibility index (Phi) is 8.19. The third-order valence-corrected chi connectivity index (χ3v) is 4.06. The summed E-state index contributed by atoms with van der Waals surface area (Å²) in [5.74, 6) is 0.540. The van der Waals surface area contributed by atoms with Crippen molar-refractivity contribution in [2.24, 2.45) is 11.8 Å². The minimum absolute atomic E-state index is 0.000796. The minimum atomic E-state index is -0.541. The number of nitrogens with one attached hydrogen (secondary N) is 2. The summed E-state index contributed by atoms with van der Waals surface area (Å²) in [5, 5.41) is 5.56. The van der Waals surface area contributed by atoms with E-state index in [9.17, 15) is 14.4 Å². The average Bonchev–Trinajstić information content (AvgIpc) is 2.51. The van der Waals surface area contributed by atoms with E-state index in [1.807, 2.05) is 18.7 Å². The molecule has 1 fully saturated rings. The van der Waals surface area contributed by atoms with Crippen LogP contribution in [0.15, 0.2) is 0 Å². The topological polar surface area (TPSA) is 87.7 Å². The summed E-state index contributed by atoms with van der Waals surface area (Å²) in [7, 11) is 0. The van der Waals surface area contributed by atoms with Gasteiger partial charge >= 0.3 is 6.09 Å². The first-order valence-electron chi connectivity index (χ1n) is 9.11. The number of likely N-dealkylation sites (tertiary alicyclic amines) is 1. The molecule has 0 atom stereocenters. The zero-order valence-electron chi connectivity index (χ0n) is 16.2. The highest BCUT2D eigenvalue weighted by molar-refractivity contribution is 5.78. The number of rotatable bonds is 6. The van der Waals surface area contributed by atoms with Gasteiger partial charge in [-0.05, 0) is 39.5 Å². The maximum absolute atomic E-state index is 12.2. The predicted molar refractivity (Wildman–Crippen MR) is 96.0 cm³/mol. The van der Waals surface area contributed by atoms with Gasteiger partial charge in [-0.2, -0.15) is 0 Å². The highest BCUT2D eigenvalue weighted by atomic mass is 16.6. The molecule has 0 unspecified atom stereocenters. The lowest BCUT2D eigenvalue weighted by atomic mass is 9.96. The largest absolute Gasteiger partial charge is 0.444 e. The molecule has 1 aliphatic heterocycles. The quantitative estimate of drug-likeness (QED) is 0.762. The van der Waals surface area contributed by atoms with Gasteiger partial charge in [-0.3, -0.25) is 9.59 Å². The number of nitrogens with zero attached hydrogens (tertiary/aromatic N) is 1. The normalized spacial score (nSPS) is 15.8. The van der Waals surface area contributed by atoms with E-state index in [-0.39, 0.29) is 30.7 Å². The Morgan fingerprint density at radius 1 is 1.12 bits per heavy atom. The van der Waals surface area contributed by atoms with Gasteiger partial charge in [0.2, 0.25) is 11.8 Å². The molecule has 7 nitrogen and oxygen atoms in total. The van der Waals surface area contributed by atoms with E-state index in [0.29, 0.717) is 25.6 Å². The van der Waals surface area contributed by atoms with E-state index in [2.05, 4.69) is 10.6 Å². The molecule has 144 valence electrons. The van der Waals surface area contributed by atoms with Crippen LogP contribution in [0, 0.1) is 11.8 Å². The lowest BCUT2D eigenvalue weighted by Gasteiger charge is -2.32. The van der Waals surface area contributed by atoms with Gasteiger partial charge in [0.1, 0.15) is 5.60 Å². The molecule has 25 heavy (non-hydrogen) atoms. The highest BCUT2D eigenvalue weighted by Gasteiger charge is 2.23. The van der Waals surface area contributed by atoms with Crippen LogP contribution >= 0.6 is 0 Å². The Morgan fingerprint density at radius 3 is 2.24 bits per heavy atom. The monoisotopic (exact) mass is 355 g/mol. The molecular formula is C18H33N3O4. The standard InChI is InChI=1S/C18H33N3O4/c1-13(2)16(23)20-12-14-7-10-21(11-8-14)15(22)6-9-19-17(24)25-18(3,4)5/h13-14H,6-12H2,1-5H3,(H,19,24)(H,20,23). The van der Waals surface area contributed by atoms with Crippen LogP contribution in [-0.2, 0) is 14.3 Å². The molecule has 0 bridgehead atoms. The Bertz CT molecular complexity index is 463. The number of hydrogen-bond donors (Lipinski definition) is 2. The third-order valence-electron chi connectivity index (χ3n) is 4.06. The predicted octanol–water partition coefficient (Wildman–Crippen LogP) is 1.91. The third kappa shape index (κ3) is 8.74. The van der Waals surface area contributed by atoms with Gasteiger partial charge in [-0.15, -0.1) is 0 Å². The number of amides is 3. The van der Waals surface area contributed by atoms with Crippen molar-refractivity contribution in [3.05, 3.63) is 0 Å². The second-order valence-corrected chi connectivity index (χ2v) is 7.90. The fourth-order valence-electron chi connectivity index (χ4n) is 2.58. The summed E-state index contributed by atoms with van der Waals surface area (Å²) in [6.45, 7) is 11.5. The zero-order valence-corrected chi connectivity index (χ0v) is 16.2. The van der Waals surface area contributed by atoms with Crippen LogP contribution in [0.5, 0.6) is 0 Å². The van der Waals surface area contributed by atoms with Crippen molar-refractivity contribution in [3.8, 4) is 0 Å². The summed E-state index contributed by atoms with van der Waals surface area (Å²) in [6.07, 6.45) is 1.56. The van der Waals surface area contributed by atoms with Crippen LogP contribution in [0.25, 0.3) is 0 Å². The summed E-state index contributed by atoms with van der Waals surface area (Å²) < 4.78 is 5.13. The van der Waals surface area contributed by atoms with Crippen molar-refractivity contribution in [3.63, 3.8) is 0 Å². The number of hydrogen-bond acceptors (Lipinski definition) is 4. The number of piperidine rings is 1. The molecule has 3 amide bonds. The SMILES string of the molecule is CC(C)C(=O)NCC1CCN(C(=O)CCNC(=O)OC(C)(C)C)CC1. The van der Waals surface area contributed by atoms with Gasteiger partial charge in [0.05, 0.1) is 0 Å². The van der Waals surface area contributed by atoms with Crippen molar-refractivity contribution in [2.45, 2.75) is 59.5 Å². The molecule has 0 saturated carbocycles. The maximum atomic E-state index is 12.2. The molecule has 1 heterocycles. The van der Waals surface area contributed by atoms with Crippen LogP contribution < -0.4 is 10.6 Å². The minimum Gasteiger partial charge on any atom is -0.444 e. The molecule has 0 aliphatic carbocycles. The van der Waals surface area contributed by atoms with Gasteiger partial charge in [0.15, 0.2) is 0 Å². The first kappa shape index (κ1) is 21.3. The van der Waals surface area contributed by atoms with E-state index in [0.717, 1.165) is 12.8 Å². The van der Waals surface area contributed by atoms with E-state index in [1.165, 1.54) is 0 Å². The molecule has 0 spiro atoms. The molecule has 1 rings (SSSR count). The van der Waals surface area contributed by atoms with Crippen LogP contribution in [0.1, 0.15) is 53.9 Å². The second-order valence-electron chi connectivity index (χ2n) is 7.90. The van der Waals surface area contributed by atoms with E-state index in [1.54, 1.807) is 20.8 Å². The molecule has 0 aromatic heterocycles. The van der Waals surface area contributed by atoms with Gasteiger partial charge in [-0.1, -0.05) is 13.8 Å². The van der Waals surface area contributed by atoms with E-state index < -0.39 is 11.7 Å². The van der Waals surface area contributed by atoms with Gasteiger partial charge in [0, 0.05) is 38.5 Å². The molecule has 2 N–H and O–H groups in total. The first-order valence-corrected chi connectivity index (χ1v) is 9.11. The smallest absolute Gasteiger partial charge is 0.407 e. The van der Waals surface area contributed by atoms with Crippen molar-refractivity contribution < 1.29 is 19.1 Å². The Morgan fingerprint density at radius 2 is 1.72 bits per heavy atom. The van der Waals surface area contributed by atoms with Crippen LogP contribution in [0.4, 0.5) is 4.79 Å². The molecule has 7 heteroatoms. The number of ether oxygens (including phenoxy) is 1. The van der Waals surface area contributed by atoms with E-state index in [4.69, 9.17) is 4.74 Å². The van der Waals surface area contributed by atoms with Crippen molar-refractivity contribution in [1.82, 2.24) is 15.5 Å². The van der Waals surface area contributed by atoms with Gasteiger partial charge in [0.25, 0.3) is 0 Å². The van der Waals surface area contributed by atoms with E-state index >= 15 is 0 Å². The fraction of sp³-hybridized carbons (Fsp3) is 0.833. The Balaban J connectivity index is 2.20. The lowest BCUT2D eigenvalue weighted by Crippen LogP contribution is -2.43. The van der Waals surface area contributed by atoms with Crippen molar-refractivity contribution in [2.75, 3.05) is 26.2 Å². The molecular weight excluding hydrogens is 322 g/mol. The van der Waals surface area contributed by atoms with Crippen LogP contribution in [0.3, 0.4) is 0 Å². The number of alkyl carbamates (subject to hydrolysis) is 1. The summed E-state index contributed by atoms with van der Waals surface area (Å²) in [4.78, 5) is 37.2. The van der Waals surface area contributed by atoms with Crippen LogP contribution in [-0.4, -0.2) is 54.6 Å². The Hall–Kier alpha value is -1.79. The highest BCUT2D eigenvalue weighted by Crippen LogP contribution is 2.17. The maximum Gasteiger partial charge on any atom is 0.407 e. The summed E-state index contributed by atoms with van der Waals surface area (Å²) in [6, 6.07) is 0. The molecule has 0 radical (unpaired) electrons. The lowest BCUT2D eigenvalue weighted by molar-refractivity contribution is -0.132.